The van der Waals surface area contributed by atoms with Gasteiger partial charge in [0.2, 0.25) is 5.91 Å². The van der Waals surface area contributed by atoms with Gasteiger partial charge in [-0.2, -0.15) is 0 Å². The summed E-state index contributed by atoms with van der Waals surface area (Å²) < 4.78 is 12.1. The van der Waals surface area contributed by atoms with Crippen LogP contribution in [0, 0.1) is 6.92 Å². The third-order valence-corrected chi connectivity index (χ3v) is 7.34. The molecule has 0 saturated carbocycles. The Bertz CT molecular complexity index is 1430. The predicted molar refractivity (Wildman–Crippen MR) is 135 cm³/mol. The summed E-state index contributed by atoms with van der Waals surface area (Å²) in [5.74, 6) is -0.892. The predicted octanol–water partition coefficient (Wildman–Crippen LogP) is 4.13. The molecule has 2 aromatic heterocycles. The number of hydrogen-bond donors (Lipinski definition) is 1. The number of nitrogens with zero attached hydrogens (tertiary/aromatic N) is 2. The standard InChI is InChI=1S/C26H25N3O5S/c1-17-22(25(31)28-13-15-33-16-14-28)24(35-23(17)18-7-3-2-4-8-18)27-21(30)11-12-29-19-9-5-6-10-20(19)34-26(29)32/h2-10H,11-16H2,1H3,(H,27,30). The largest absolute Gasteiger partial charge is 0.419 e. The van der Waals surface area contributed by atoms with E-state index in [1.54, 1.807) is 23.1 Å². The van der Waals surface area contributed by atoms with Gasteiger partial charge in [0.25, 0.3) is 5.91 Å². The van der Waals surface area contributed by atoms with Crippen molar-refractivity contribution in [1.82, 2.24) is 9.47 Å². The van der Waals surface area contributed by atoms with Crippen LogP contribution in [0.3, 0.4) is 0 Å². The number of aryl methyl sites for hydroxylation is 1. The number of oxazole rings is 1. The lowest BCUT2D eigenvalue weighted by atomic mass is 10.1. The van der Waals surface area contributed by atoms with Gasteiger partial charge in [-0.1, -0.05) is 42.5 Å². The highest BCUT2D eigenvalue weighted by Crippen LogP contribution is 2.40. The number of anilines is 1. The van der Waals surface area contributed by atoms with Crippen molar-refractivity contribution in [2.75, 3.05) is 31.6 Å². The summed E-state index contributed by atoms with van der Waals surface area (Å²) >= 11 is 1.39. The first kappa shape index (κ1) is 23.1. The molecule has 5 rings (SSSR count). The monoisotopic (exact) mass is 491 g/mol. The number of aromatic nitrogens is 1. The van der Waals surface area contributed by atoms with Crippen molar-refractivity contribution >= 4 is 39.3 Å². The first-order valence-corrected chi connectivity index (χ1v) is 12.3. The molecule has 180 valence electrons. The Morgan fingerprint density at radius 1 is 1.03 bits per heavy atom. The van der Waals surface area contributed by atoms with Crippen LogP contribution in [0.2, 0.25) is 0 Å². The summed E-state index contributed by atoms with van der Waals surface area (Å²) in [5, 5.41) is 3.47. The second-order valence-electron chi connectivity index (χ2n) is 8.32. The number of carbonyl (C=O) groups excluding carboxylic acids is 2. The van der Waals surface area contributed by atoms with Crippen LogP contribution >= 0.6 is 11.3 Å². The van der Waals surface area contributed by atoms with E-state index < -0.39 is 5.76 Å². The maximum Gasteiger partial charge on any atom is 0.419 e. The first-order valence-electron chi connectivity index (χ1n) is 11.5. The van der Waals surface area contributed by atoms with E-state index in [4.69, 9.17) is 9.15 Å². The van der Waals surface area contributed by atoms with Crippen LogP contribution in [0.5, 0.6) is 0 Å². The normalized spacial score (nSPS) is 13.8. The summed E-state index contributed by atoms with van der Waals surface area (Å²) in [4.78, 5) is 41.4. The molecule has 2 aromatic carbocycles. The Morgan fingerprint density at radius 3 is 2.51 bits per heavy atom. The molecule has 1 aliphatic rings. The molecule has 4 aromatic rings. The van der Waals surface area contributed by atoms with Gasteiger partial charge < -0.3 is 19.4 Å². The molecule has 0 bridgehead atoms. The van der Waals surface area contributed by atoms with E-state index >= 15 is 0 Å². The van der Waals surface area contributed by atoms with Crippen molar-refractivity contribution in [3.05, 3.63) is 76.3 Å². The van der Waals surface area contributed by atoms with Crippen molar-refractivity contribution in [2.24, 2.45) is 0 Å². The maximum atomic E-state index is 13.5. The fourth-order valence-electron chi connectivity index (χ4n) is 4.28. The average Bonchev–Trinajstić information content (AvgIpc) is 3.38. The minimum absolute atomic E-state index is 0.0617. The molecule has 0 unspecified atom stereocenters. The molecule has 35 heavy (non-hydrogen) atoms. The summed E-state index contributed by atoms with van der Waals surface area (Å²) in [6, 6.07) is 16.9. The molecular weight excluding hydrogens is 466 g/mol. The number of morpholine rings is 1. The fourth-order valence-corrected chi connectivity index (χ4v) is 5.50. The zero-order valence-corrected chi connectivity index (χ0v) is 20.1. The smallest absolute Gasteiger partial charge is 0.408 e. The number of fused-ring (bicyclic) bond motifs is 1. The van der Waals surface area contributed by atoms with Crippen molar-refractivity contribution in [2.45, 2.75) is 19.9 Å². The van der Waals surface area contributed by atoms with E-state index in [0.717, 1.165) is 16.0 Å². The molecule has 1 fully saturated rings. The van der Waals surface area contributed by atoms with Gasteiger partial charge in [-0.3, -0.25) is 14.2 Å². The average molecular weight is 492 g/mol. The Kier molecular flexibility index (Phi) is 6.52. The third kappa shape index (κ3) is 4.65. The molecule has 0 aliphatic carbocycles. The highest BCUT2D eigenvalue weighted by atomic mass is 32.1. The Labute approximate surface area is 205 Å². The molecule has 1 N–H and O–H groups in total. The van der Waals surface area contributed by atoms with Gasteiger partial charge in [-0.25, -0.2) is 4.79 Å². The van der Waals surface area contributed by atoms with Gasteiger partial charge in [0, 0.05) is 30.9 Å². The summed E-state index contributed by atoms with van der Waals surface area (Å²) in [6.07, 6.45) is 0.0617. The molecule has 3 heterocycles. The molecular formula is C26H25N3O5S. The summed E-state index contributed by atoms with van der Waals surface area (Å²) in [6.45, 7) is 4.10. The van der Waals surface area contributed by atoms with Crippen molar-refractivity contribution in [1.29, 1.82) is 0 Å². The fraction of sp³-hybridized carbons (Fsp3) is 0.269. The lowest BCUT2D eigenvalue weighted by Gasteiger charge is -2.27. The van der Waals surface area contributed by atoms with E-state index in [-0.39, 0.29) is 24.8 Å². The zero-order chi connectivity index (χ0) is 24.4. The number of carbonyl (C=O) groups is 2. The van der Waals surface area contributed by atoms with Crippen LogP contribution in [-0.4, -0.2) is 47.6 Å². The first-order chi connectivity index (χ1) is 17.0. The van der Waals surface area contributed by atoms with Crippen LogP contribution in [0.1, 0.15) is 22.3 Å². The van der Waals surface area contributed by atoms with Crippen LogP contribution in [-0.2, 0) is 16.1 Å². The number of nitrogens with one attached hydrogen (secondary N) is 1. The van der Waals surface area contributed by atoms with Gasteiger partial charge in [-0.15, -0.1) is 11.3 Å². The summed E-state index contributed by atoms with van der Waals surface area (Å²) in [7, 11) is 0. The van der Waals surface area contributed by atoms with E-state index in [9.17, 15) is 14.4 Å². The van der Waals surface area contributed by atoms with E-state index in [2.05, 4.69) is 5.32 Å². The van der Waals surface area contributed by atoms with Crippen LogP contribution in [0.15, 0.2) is 63.8 Å². The minimum Gasteiger partial charge on any atom is -0.408 e. The molecule has 0 radical (unpaired) electrons. The maximum absolute atomic E-state index is 13.5. The van der Waals surface area contributed by atoms with Crippen LogP contribution < -0.4 is 11.1 Å². The molecule has 1 aliphatic heterocycles. The highest BCUT2D eigenvalue weighted by molar-refractivity contribution is 7.20. The van der Waals surface area contributed by atoms with Crippen LogP contribution in [0.25, 0.3) is 21.5 Å². The second kappa shape index (κ2) is 9.89. The molecule has 8 nitrogen and oxygen atoms in total. The number of rotatable bonds is 6. The Morgan fingerprint density at radius 2 is 1.74 bits per heavy atom. The second-order valence-corrected chi connectivity index (χ2v) is 9.34. The number of benzene rings is 2. The molecule has 1 saturated heterocycles. The van der Waals surface area contributed by atoms with Crippen molar-refractivity contribution < 1.29 is 18.7 Å². The summed E-state index contributed by atoms with van der Waals surface area (Å²) in [5.41, 5.74) is 3.47. The lowest BCUT2D eigenvalue weighted by Crippen LogP contribution is -2.41. The van der Waals surface area contributed by atoms with Gasteiger partial charge in [0.1, 0.15) is 5.00 Å². The zero-order valence-electron chi connectivity index (χ0n) is 19.3. The van der Waals surface area contributed by atoms with Gasteiger partial charge in [-0.05, 0) is 30.2 Å². The van der Waals surface area contributed by atoms with E-state index in [1.807, 2.05) is 43.3 Å². The third-order valence-electron chi connectivity index (χ3n) is 6.08. The number of para-hydroxylation sites is 2. The van der Waals surface area contributed by atoms with Gasteiger partial charge in [0.15, 0.2) is 5.58 Å². The van der Waals surface area contributed by atoms with Crippen molar-refractivity contribution in [3.8, 4) is 10.4 Å². The molecule has 0 spiro atoms. The van der Waals surface area contributed by atoms with Crippen LogP contribution in [0.4, 0.5) is 5.00 Å². The number of hydrogen-bond acceptors (Lipinski definition) is 6. The number of thiophene rings is 1. The molecule has 9 heteroatoms. The number of amides is 2. The lowest BCUT2D eigenvalue weighted by molar-refractivity contribution is -0.116. The molecule has 2 amide bonds. The van der Waals surface area contributed by atoms with Gasteiger partial charge >= 0.3 is 5.76 Å². The topological polar surface area (TPSA) is 93.8 Å². The van der Waals surface area contributed by atoms with E-state index in [0.29, 0.717) is 48.0 Å². The minimum atomic E-state index is -0.500. The van der Waals surface area contributed by atoms with Gasteiger partial charge in [0.05, 0.1) is 24.3 Å². The quantitative estimate of drug-likeness (QED) is 0.438. The number of ether oxygens (including phenoxy) is 1. The van der Waals surface area contributed by atoms with Crippen molar-refractivity contribution in [3.63, 3.8) is 0 Å². The Hall–Kier alpha value is -3.69. The Balaban J connectivity index is 1.41. The SMILES string of the molecule is Cc1c(-c2ccccc2)sc(NC(=O)CCn2c(=O)oc3ccccc32)c1C(=O)N1CCOCC1. The van der Waals surface area contributed by atoms with E-state index in [1.165, 1.54) is 15.9 Å². The molecule has 0 atom stereocenters. The highest BCUT2D eigenvalue weighted by Gasteiger charge is 2.28.